The third kappa shape index (κ3) is 5.37. The fourth-order valence-electron chi connectivity index (χ4n) is 2.02. The number of rotatable bonds is 6. The second-order valence-electron chi connectivity index (χ2n) is 5.24. The Morgan fingerprint density at radius 2 is 1.80 bits per heavy atom. The highest BCUT2D eigenvalue weighted by atomic mass is 35.5. The summed E-state index contributed by atoms with van der Waals surface area (Å²) in [5.74, 6) is -0.309. The van der Waals surface area contributed by atoms with Crippen molar-refractivity contribution < 1.29 is 19.1 Å². The number of halogens is 2. The summed E-state index contributed by atoms with van der Waals surface area (Å²) in [4.78, 5) is 23.5. The standard InChI is InChI=1S/C18H17Cl2NO4/c1-11(25-16-8-7-14(19)9-15(16)20)17(22)21-10-12-3-5-13(6-4-12)18(23)24-2/h3-9,11H,10H2,1-2H3,(H,21,22). The van der Waals surface area contributed by atoms with Crippen LogP contribution in [0.3, 0.4) is 0 Å². The minimum absolute atomic E-state index is 0.289. The lowest BCUT2D eigenvalue weighted by Crippen LogP contribution is -2.35. The number of amides is 1. The Morgan fingerprint density at radius 1 is 1.12 bits per heavy atom. The summed E-state index contributed by atoms with van der Waals surface area (Å²) in [5.41, 5.74) is 1.30. The molecule has 0 aliphatic carbocycles. The van der Waals surface area contributed by atoms with Crippen LogP contribution in [0.5, 0.6) is 5.75 Å². The van der Waals surface area contributed by atoms with Crippen LogP contribution < -0.4 is 10.1 Å². The molecule has 0 aromatic heterocycles. The summed E-state index contributed by atoms with van der Waals surface area (Å²) in [7, 11) is 1.32. The van der Waals surface area contributed by atoms with Gasteiger partial charge in [-0.2, -0.15) is 0 Å². The Bertz CT molecular complexity index is 762. The lowest BCUT2D eigenvalue weighted by Gasteiger charge is -2.16. The molecule has 0 radical (unpaired) electrons. The predicted octanol–water partition coefficient (Wildman–Crippen LogP) is 3.86. The Hall–Kier alpha value is -2.24. The molecule has 0 saturated heterocycles. The fraction of sp³-hybridized carbons (Fsp3) is 0.222. The van der Waals surface area contributed by atoms with Gasteiger partial charge in [-0.15, -0.1) is 0 Å². The Labute approximate surface area is 155 Å². The molecule has 0 saturated carbocycles. The lowest BCUT2D eigenvalue weighted by molar-refractivity contribution is -0.127. The molecule has 5 nitrogen and oxygen atoms in total. The Balaban J connectivity index is 1.89. The maximum absolute atomic E-state index is 12.1. The molecule has 0 aliphatic heterocycles. The highest BCUT2D eigenvalue weighted by molar-refractivity contribution is 6.35. The minimum atomic E-state index is -0.729. The molecule has 0 spiro atoms. The van der Waals surface area contributed by atoms with Crippen LogP contribution in [-0.2, 0) is 16.1 Å². The van der Waals surface area contributed by atoms with Crippen molar-refractivity contribution >= 4 is 35.1 Å². The SMILES string of the molecule is COC(=O)c1ccc(CNC(=O)C(C)Oc2ccc(Cl)cc2Cl)cc1. The first kappa shape index (κ1) is 19.1. The van der Waals surface area contributed by atoms with Gasteiger partial charge in [0.05, 0.1) is 17.7 Å². The fourth-order valence-corrected chi connectivity index (χ4v) is 2.48. The van der Waals surface area contributed by atoms with Crippen LogP contribution >= 0.6 is 23.2 Å². The second-order valence-corrected chi connectivity index (χ2v) is 6.08. The average molecular weight is 382 g/mol. The van der Waals surface area contributed by atoms with Crippen molar-refractivity contribution in [1.29, 1.82) is 0 Å². The summed E-state index contributed by atoms with van der Waals surface area (Å²) in [6.07, 6.45) is -0.729. The maximum atomic E-state index is 12.1. The first-order valence-electron chi connectivity index (χ1n) is 7.47. The monoisotopic (exact) mass is 381 g/mol. The summed E-state index contributed by atoms with van der Waals surface area (Å²) in [6.45, 7) is 1.93. The van der Waals surface area contributed by atoms with E-state index < -0.39 is 12.1 Å². The van der Waals surface area contributed by atoms with E-state index in [2.05, 4.69) is 10.1 Å². The predicted molar refractivity (Wildman–Crippen MR) is 96.2 cm³/mol. The van der Waals surface area contributed by atoms with Gasteiger partial charge in [0.25, 0.3) is 5.91 Å². The van der Waals surface area contributed by atoms with Crippen molar-refractivity contribution in [3.05, 3.63) is 63.6 Å². The average Bonchev–Trinajstić information content (AvgIpc) is 2.61. The van der Waals surface area contributed by atoms with Crippen LogP contribution in [0.2, 0.25) is 10.0 Å². The number of carbonyl (C=O) groups excluding carboxylic acids is 2. The van der Waals surface area contributed by atoms with Gasteiger partial charge in [0, 0.05) is 11.6 Å². The number of esters is 1. The van der Waals surface area contributed by atoms with Crippen LogP contribution in [0, 0.1) is 0 Å². The number of ether oxygens (including phenoxy) is 2. The van der Waals surface area contributed by atoms with Crippen LogP contribution in [0.4, 0.5) is 0 Å². The Kier molecular flexibility index (Phi) is 6.67. The van der Waals surface area contributed by atoms with E-state index in [1.54, 1.807) is 49.4 Å². The zero-order chi connectivity index (χ0) is 18.4. The number of hydrogen-bond acceptors (Lipinski definition) is 4. The number of methoxy groups -OCH3 is 1. The van der Waals surface area contributed by atoms with Crippen molar-refractivity contribution in [3.63, 3.8) is 0 Å². The van der Waals surface area contributed by atoms with Gasteiger partial charge in [0.1, 0.15) is 5.75 Å². The van der Waals surface area contributed by atoms with E-state index in [0.29, 0.717) is 27.9 Å². The van der Waals surface area contributed by atoms with E-state index in [1.165, 1.54) is 7.11 Å². The third-order valence-corrected chi connectivity index (χ3v) is 3.94. The van der Waals surface area contributed by atoms with Gasteiger partial charge in [-0.05, 0) is 42.8 Å². The topological polar surface area (TPSA) is 64.6 Å². The van der Waals surface area contributed by atoms with Crippen LogP contribution in [-0.4, -0.2) is 25.1 Å². The largest absolute Gasteiger partial charge is 0.479 e. The van der Waals surface area contributed by atoms with Crippen molar-refractivity contribution in [2.24, 2.45) is 0 Å². The van der Waals surface area contributed by atoms with Gasteiger partial charge in [0.15, 0.2) is 6.10 Å². The molecule has 25 heavy (non-hydrogen) atoms. The van der Waals surface area contributed by atoms with Gasteiger partial charge < -0.3 is 14.8 Å². The van der Waals surface area contributed by atoms with E-state index in [9.17, 15) is 9.59 Å². The first-order chi connectivity index (χ1) is 11.9. The molecule has 2 rings (SSSR count). The summed E-state index contributed by atoms with van der Waals surface area (Å²) >= 11 is 11.8. The molecule has 0 heterocycles. The number of benzene rings is 2. The van der Waals surface area contributed by atoms with E-state index in [0.717, 1.165) is 5.56 Å². The molecular weight excluding hydrogens is 365 g/mol. The highest BCUT2D eigenvalue weighted by Crippen LogP contribution is 2.28. The van der Waals surface area contributed by atoms with E-state index in [1.807, 2.05) is 0 Å². The molecular formula is C18H17Cl2NO4. The van der Waals surface area contributed by atoms with Gasteiger partial charge in [-0.1, -0.05) is 35.3 Å². The maximum Gasteiger partial charge on any atom is 0.337 e. The zero-order valence-electron chi connectivity index (χ0n) is 13.7. The van der Waals surface area contributed by atoms with Crippen LogP contribution in [0.1, 0.15) is 22.8 Å². The molecule has 2 aromatic carbocycles. The molecule has 0 aliphatic rings. The lowest BCUT2D eigenvalue weighted by atomic mass is 10.1. The quantitative estimate of drug-likeness (QED) is 0.771. The summed E-state index contributed by atoms with van der Waals surface area (Å²) in [6, 6.07) is 11.6. The van der Waals surface area contributed by atoms with Crippen molar-refractivity contribution in [3.8, 4) is 5.75 Å². The Morgan fingerprint density at radius 3 is 2.40 bits per heavy atom. The highest BCUT2D eigenvalue weighted by Gasteiger charge is 2.16. The van der Waals surface area contributed by atoms with Crippen LogP contribution in [0.15, 0.2) is 42.5 Å². The molecule has 7 heteroatoms. The van der Waals surface area contributed by atoms with E-state index >= 15 is 0 Å². The van der Waals surface area contributed by atoms with Crippen molar-refractivity contribution in [2.45, 2.75) is 19.6 Å². The van der Waals surface area contributed by atoms with Crippen molar-refractivity contribution in [2.75, 3.05) is 7.11 Å². The molecule has 2 aromatic rings. The number of hydrogen-bond donors (Lipinski definition) is 1. The van der Waals surface area contributed by atoms with Crippen molar-refractivity contribution in [1.82, 2.24) is 5.32 Å². The minimum Gasteiger partial charge on any atom is -0.479 e. The van der Waals surface area contributed by atoms with E-state index in [4.69, 9.17) is 27.9 Å². The smallest absolute Gasteiger partial charge is 0.337 e. The van der Waals surface area contributed by atoms with Gasteiger partial charge in [-0.3, -0.25) is 4.79 Å². The molecule has 1 atom stereocenters. The van der Waals surface area contributed by atoms with Gasteiger partial charge in [0.2, 0.25) is 0 Å². The molecule has 1 unspecified atom stereocenters. The first-order valence-corrected chi connectivity index (χ1v) is 8.23. The summed E-state index contributed by atoms with van der Waals surface area (Å²) < 4.78 is 10.2. The molecule has 1 N–H and O–H groups in total. The second kappa shape index (κ2) is 8.74. The third-order valence-electron chi connectivity index (χ3n) is 3.41. The van der Waals surface area contributed by atoms with Gasteiger partial charge in [-0.25, -0.2) is 4.79 Å². The zero-order valence-corrected chi connectivity index (χ0v) is 15.2. The normalized spacial score (nSPS) is 11.5. The summed E-state index contributed by atoms with van der Waals surface area (Å²) in [5, 5.41) is 3.59. The molecule has 0 bridgehead atoms. The van der Waals surface area contributed by atoms with E-state index in [-0.39, 0.29) is 5.91 Å². The number of nitrogens with one attached hydrogen (secondary N) is 1. The van der Waals surface area contributed by atoms with Gasteiger partial charge >= 0.3 is 5.97 Å². The molecule has 0 fully saturated rings. The molecule has 1 amide bonds. The number of carbonyl (C=O) groups is 2. The van der Waals surface area contributed by atoms with Crippen LogP contribution in [0.25, 0.3) is 0 Å². The molecule has 132 valence electrons.